The number of benzene rings is 4. The van der Waals surface area contributed by atoms with E-state index >= 15 is 0 Å². The smallest absolute Gasteiger partial charge is 0.215 e. The number of nitrogens with one attached hydrogen (secondary N) is 2. The highest BCUT2D eigenvalue weighted by atomic mass is 79.9. The summed E-state index contributed by atoms with van der Waals surface area (Å²) in [6.07, 6.45) is 10.3. The van der Waals surface area contributed by atoms with Crippen molar-refractivity contribution in [3.8, 4) is 0 Å². The summed E-state index contributed by atoms with van der Waals surface area (Å²) < 4.78 is 4.86. The number of aromatic nitrogens is 2. The van der Waals surface area contributed by atoms with Crippen molar-refractivity contribution >= 4 is 33.2 Å². The van der Waals surface area contributed by atoms with Crippen LogP contribution in [0, 0.1) is 13.8 Å². The summed E-state index contributed by atoms with van der Waals surface area (Å²) in [5.74, 6) is 0. The zero-order valence-electron chi connectivity index (χ0n) is 29.7. The predicted octanol–water partition coefficient (Wildman–Crippen LogP) is 3.93. The van der Waals surface area contributed by atoms with Crippen LogP contribution in [0.5, 0.6) is 0 Å². The minimum atomic E-state index is 0. The van der Waals surface area contributed by atoms with Crippen LogP contribution in [-0.2, 0) is 13.1 Å². The molecule has 6 heteroatoms. The third kappa shape index (κ3) is 10.4. The summed E-state index contributed by atoms with van der Waals surface area (Å²) in [6.45, 7) is 8.29. The monoisotopic (exact) mass is 794 g/mol. The minimum absolute atomic E-state index is 0. The zero-order chi connectivity index (χ0) is 33.0. The fraction of sp³-hybridized carbons (Fsp3) is 0.318. The van der Waals surface area contributed by atoms with Crippen molar-refractivity contribution in [2.24, 2.45) is 0 Å². The van der Waals surface area contributed by atoms with Crippen molar-refractivity contribution in [1.82, 2.24) is 0 Å². The van der Waals surface area contributed by atoms with Crippen LogP contribution < -0.4 is 53.7 Å². The molecule has 0 amide bonds. The van der Waals surface area contributed by atoms with E-state index in [1.807, 2.05) is 0 Å². The van der Waals surface area contributed by atoms with Crippen LogP contribution in [0.2, 0.25) is 0 Å². The Morgan fingerprint density at radius 1 is 0.420 bits per heavy atom. The second kappa shape index (κ2) is 20.2. The molecule has 4 aromatic carbocycles. The molecule has 0 fully saturated rings. The Morgan fingerprint density at radius 3 is 1.16 bits per heavy atom. The molecule has 2 heterocycles. The van der Waals surface area contributed by atoms with Crippen LogP contribution in [0.15, 0.2) is 121 Å². The largest absolute Gasteiger partial charge is 1.00 e. The van der Waals surface area contributed by atoms with Crippen molar-refractivity contribution in [3.63, 3.8) is 0 Å². The third-order valence-electron chi connectivity index (χ3n) is 9.63. The second-order valence-electron chi connectivity index (χ2n) is 13.3. The van der Waals surface area contributed by atoms with Gasteiger partial charge in [-0.15, -0.1) is 0 Å². The van der Waals surface area contributed by atoms with Crippen molar-refractivity contribution in [2.75, 3.05) is 23.7 Å². The van der Waals surface area contributed by atoms with E-state index in [0.29, 0.717) is 0 Å². The molecule has 262 valence electrons. The molecule has 0 unspecified atom stereocenters. The van der Waals surface area contributed by atoms with Crippen molar-refractivity contribution < 1.29 is 43.1 Å². The van der Waals surface area contributed by atoms with Gasteiger partial charge in [-0.3, -0.25) is 0 Å². The molecule has 0 aliphatic carbocycles. The highest BCUT2D eigenvalue weighted by Crippen LogP contribution is 2.24. The van der Waals surface area contributed by atoms with Gasteiger partial charge < -0.3 is 44.6 Å². The summed E-state index contributed by atoms with van der Waals surface area (Å²) in [4.78, 5) is 0. The summed E-state index contributed by atoms with van der Waals surface area (Å²) >= 11 is 0. The van der Waals surface area contributed by atoms with E-state index < -0.39 is 0 Å². The SMILES string of the molecule is Cc1cc(NCCCCCCCCCCNc2cc(C)[n+](Cc3ccccc3)c3ccccc23)c2ccccc2[n+]1Cc1ccccc1.[Br-].[Br-]. The maximum Gasteiger partial charge on any atom is 0.215 e. The Kier molecular flexibility index (Phi) is 15.8. The third-order valence-corrected chi connectivity index (χ3v) is 9.63. The van der Waals surface area contributed by atoms with Crippen LogP contribution in [0.4, 0.5) is 11.4 Å². The van der Waals surface area contributed by atoms with E-state index in [-0.39, 0.29) is 34.0 Å². The fourth-order valence-corrected chi connectivity index (χ4v) is 6.98. The highest BCUT2D eigenvalue weighted by molar-refractivity contribution is 5.90. The van der Waals surface area contributed by atoms with Gasteiger partial charge in [-0.1, -0.05) is 123 Å². The van der Waals surface area contributed by atoms with E-state index in [4.69, 9.17) is 0 Å². The molecule has 0 aliphatic heterocycles. The number of unbranched alkanes of at least 4 members (excludes halogenated alkanes) is 7. The van der Waals surface area contributed by atoms with Crippen LogP contribution in [0.3, 0.4) is 0 Å². The first-order valence-corrected chi connectivity index (χ1v) is 18.1. The molecule has 2 aromatic heterocycles. The molecule has 0 spiro atoms. The minimum Gasteiger partial charge on any atom is -1.00 e. The number of aryl methyl sites for hydroxylation is 2. The molecule has 0 bridgehead atoms. The molecule has 6 aromatic rings. The Hall–Kier alpha value is -3.74. The Labute approximate surface area is 320 Å². The first-order chi connectivity index (χ1) is 23.7. The lowest BCUT2D eigenvalue weighted by Crippen LogP contribution is -3.00. The molecule has 6 rings (SSSR count). The molecule has 0 atom stereocenters. The van der Waals surface area contributed by atoms with E-state index in [1.165, 1.54) is 107 Å². The summed E-state index contributed by atoms with van der Waals surface area (Å²) in [5, 5.41) is 10.1. The zero-order valence-corrected chi connectivity index (χ0v) is 32.9. The molecule has 0 saturated heterocycles. The Balaban J connectivity index is 0.00000281. The van der Waals surface area contributed by atoms with Crippen LogP contribution >= 0.6 is 0 Å². The Morgan fingerprint density at radius 2 is 0.760 bits per heavy atom. The first kappa shape index (κ1) is 39.1. The molecule has 0 aliphatic rings. The van der Waals surface area contributed by atoms with Gasteiger partial charge in [0.15, 0.2) is 24.5 Å². The average molecular weight is 797 g/mol. The number of rotatable bonds is 17. The molecular weight excluding hydrogens is 744 g/mol. The quantitative estimate of drug-likeness (QED) is 0.109. The summed E-state index contributed by atoms with van der Waals surface area (Å²) in [7, 11) is 0. The molecule has 0 radical (unpaired) electrons. The van der Waals surface area contributed by atoms with Crippen LogP contribution in [-0.4, -0.2) is 13.1 Å². The van der Waals surface area contributed by atoms with Crippen molar-refractivity contribution in [2.45, 2.75) is 78.3 Å². The molecular formula is C44H52Br2N4. The van der Waals surface area contributed by atoms with Gasteiger partial charge in [-0.05, 0) is 25.0 Å². The number of hydrogen-bond donors (Lipinski definition) is 2. The lowest BCUT2D eigenvalue weighted by atomic mass is 10.1. The van der Waals surface area contributed by atoms with E-state index in [2.05, 4.69) is 155 Å². The summed E-state index contributed by atoms with van der Waals surface area (Å²) in [6, 6.07) is 43.7. The van der Waals surface area contributed by atoms with Crippen molar-refractivity contribution in [3.05, 3.63) is 144 Å². The van der Waals surface area contributed by atoms with Gasteiger partial charge in [0.2, 0.25) is 11.0 Å². The standard InChI is InChI=1S/C44H50N4.2BrH/c1-35-31-41(39-25-15-17-27-43(39)47(35)33-37-21-11-9-12-22-37)45-29-19-7-5-3-4-6-8-20-30-46-42-32-36(2)48(34-38-23-13-10-14-24-38)44-28-18-16-26-40(42)44;;/h9-18,21-28,31-32H,3-8,19-20,29-30,33-34H2,1-2H3;2*1H. The summed E-state index contributed by atoms with van der Waals surface area (Å²) in [5.41, 5.74) is 10.3. The van der Waals surface area contributed by atoms with Crippen LogP contribution in [0.1, 0.15) is 73.9 Å². The first-order valence-electron chi connectivity index (χ1n) is 18.1. The van der Waals surface area contributed by atoms with Crippen molar-refractivity contribution in [1.29, 1.82) is 0 Å². The number of anilines is 2. The molecule has 0 saturated carbocycles. The highest BCUT2D eigenvalue weighted by Gasteiger charge is 2.18. The van der Waals surface area contributed by atoms with Gasteiger partial charge in [0, 0.05) is 62.3 Å². The van der Waals surface area contributed by atoms with Gasteiger partial charge in [0.25, 0.3) is 0 Å². The topological polar surface area (TPSA) is 31.8 Å². The van der Waals surface area contributed by atoms with E-state index in [1.54, 1.807) is 0 Å². The van der Waals surface area contributed by atoms with Gasteiger partial charge >= 0.3 is 0 Å². The van der Waals surface area contributed by atoms with E-state index in [9.17, 15) is 0 Å². The van der Waals surface area contributed by atoms with Gasteiger partial charge in [0.05, 0.1) is 22.1 Å². The lowest BCUT2D eigenvalue weighted by Gasteiger charge is -2.12. The second-order valence-corrected chi connectivity index (χ2v) is 13.3. The number of halogens is 2. The average Bonchev–Trinajstić information content (AvgIpc) is 3.12. The van der Waals surface area contributed by atoms with Gasteiger partial charge in [-0.25, -0.2) is 0 Å². The molecule has 4 nitrogen and oxygen atoms in total. The maximum absolute atomic E-state index is 3.76. The number of pyridine rings is 2. The number of fused-ring (bicyclic) bond motifs is 2. The Bertz CT molecular complexity index is 1770. The molecule has 50 heavy (non-hydrogen) atoms. The normalized spacial score (nSPS) is 10.8. The number of para-hydroxylation sites is 2. The van der Waals surface area contributed by atoms with Gasteiger partial charge in [0.1, 0.15) is 0 Å². The fourth-order valence-electron chi connectivity index (χ4n) is 6.98. The predicted molar refractivity (Wildman–Crippen MR) is 203 cm³/mol. The van der Waals surface area contributed by atoms with Gasteiger partial charge in [-0.2, -0.15) is 9.13 Å². The maximum atomic E-state index is 3.76. The molecule has 2 N–H and O–H groups in total. The van der Waals surface area contributed by atoms with E-state index in [0.717, 1.165) is 26.2 Å². The number of hydrogen-bond acceptors (Lipinski definition) is 2. The number of nitrogens with zero attached hydrogens (tertiary/aromatic N) is 2. The van der Waals surface area contributed by atoms with Crippen LogP contribution in [0.25, 0.3) is 21.8 Å². The lowest BCUT2D eigenvalue weighted by molar-refractivity contribution is -0.668.